The van der Waals surface area contributed by atoms with E-state index in [4.69, 9.17) is 5.26 Å². The summed E-state index contributed by atoms with van der Waals surface area (Å²) >= 11 is 0. The van der Waals surface area contributed by atoms with Gasteiger partial charge in [0.2, 0.25) is 5.82 Å². The van der Waals surface area contributed by atoms with Crippen LogP contribution in [0.25, 0.3) is 6.08 Å². The van der Waals surface area contributed by atoms with Gasteiger partial charge in [-0.15, -0.1) is 0 Å². The van der Waals surface area contributed by atoms with Crippen LogP contribution in [0.4, 0.5) is 27.6 Å². The molecule has 128 valence electrons. The Kier molecular flexibility index (Phi) is 5.12. The van der Waals surface area contributed by atoms with Crippen molar-refractivity contribution in [1.82, 2.24) is 0 Å². The van der Waals surface area contributed by atoms with E-state index in [1.807, 2.05) is 0 Å². The summed E-state index contributed by atoms with van der Waals surface area (Å²) < 4.78 is 66.7. The molecule has 0 aromatic heterocycles. The molecule has 9 heteroatoms. The number of nitro groups is 1. The molecule has 0 fully saturated rings. The van der Waals surface area contributed by atoms with E-state index in [0.717, 1.165) is 18.2 Å². The summed E-state index contributed by atoms with van der Waals surface area (Å²) in [4.78, 5) is 9.91. The molecule has 0 unspecified atom stereocenters. The highest BCUT2D eigenvalue weighted by atomic mass is 19.2. The highest BCUT2D eigenvalue weighted by Gasteiger charge is 2.26. The van der Waals surface area contributed by atoms with Crippen molar-refractivity contribution in [3.63, 3.8) is 0 Å². The Balaban J connectivity index is 2.41. The zero-order valence-corrected chi connectivity index (χ0v) is 12.2. The fourth-order valence-electron chi connectivity index (χ4n) is 2.01. The van der Waals surface area contributed by atoms with E-state index in [2.05, 4.69) is 0 Å². The molecular formula is C16H7F5N2O2. The van der Waals surface area contributed by atoms with Crippen molar-refractivity contribution in [3.05, 3.63) is 80.2 Å². The fourth-order valence-corrected chi connectivity index (χ4v) is 2.01. The molecular weight excluding hydrogens is 347 g/mol. The molecule has 2 aromatic carbocycles. The summed E-state index contributed by atoms with van der Waals surface area (Å²) in [7, 11) is 0. The smallest absolute Gasteiger partial charge is 0.258 e. The Labute approximate surface area is 137 Å². The molecule has 2 aromatic rings. The first-order valence-electron chi connectivity index (χ1n) is 6.61. The van der Waals surface area contributed by atoms with E-state index in [1.165, 1.54) is 12.1 Å². The molecule has 0 bridgehead atoms. The second-order valence-corrected chi connectivity index (χ2v) is 4.86. The van der Waals surface area contributed by atoms with Crippen molar-refractivity contribution in [1.29, 1.82) is 5.26 Å². The number of hydrogen-bond acceptors (Lipinski definition) is 3. The van der Waals surface area contributed by atoms with E-state index in [1.54, 1.807) is 6.07 Å². The zero-order valence-electron chi connectivity index (χ0n) is 12.2. The summed E-state index contributed by atoms with van der Waals surface area (Å²) in [6.07, 6.45) is 0.293. The first kappa shape index (κ1) is 18.1. The van der Waals surface area contributed by atoms with Crippen LogP contribution in [0.15, 0.2) is 29.8 Å². The van der Waals surface area contributed by atoms with Crippen molar-refractivity contribution in [2.75, 3.05) is 0 Å². The molecule has 25 heavy (non-hydrogen) atoms. The van der Waals surface area contributed by atoms with Gasteiger partial charge in [-0.25, -0.2) is 22.0 Å². The molecule has 4 nitrogen and oxygen atoms in total. The van der Waals surface area contributed by atoms with Crippen LogP contribution in [0, 0.1) is 50.5 Å². The molecule has 0 amide bonds. The quantitative estimate of drug-likeness (QED) is 0.204. The minimum Gasteiger partial charge on any atom is -0.258 e. The Hall–Kier alpha value is -3.28. The lowest BCUT2D eigenvalue weighted by molar-refractivity contribution is -0.384. The predicted octanol–water partition coefficient (Wildman–Crippen LogP) is 4.44. The van der Waals surface area contributed by atoms with Crippen molar-refractivity contribution in [2.24, 2.45) is 0 Å². The zero-order chi connectivity index (χ0) is 18.7. The number of allylic oxidation sites excluding steroid dienone is 1. The van der Waals surface area contributed by atoms with Crippen LogP contribution >= 0.6 is 0 Å². The Morgan fingerprint density at radius 1 is 1.00 bits per heavy atom. The predicted molar refractivity (Wildman–Crippen MR) is 76.6 cm³/mol. The largest absolute Gasteiger partial charge is 0.269 e. The monoisotopic (exact) mass is 354 g/mol. The van der Waals surface area contributed by atoms with Crippen LogP contribution in [0.1, 0.15) is 11.1 Å². The van der Waals surface area contributed by atoms with Gasteiger partial charge < -0.3 is 0 Å². The van der Waals surface area contributed by atoms with Gasteiger partial charge in [-0.1, -0.05) is 0 Å². The summed E-state index contributed by atoms with van der Waals surface area (Å²) in [5.74, 6) is -10.5. The van der Waals surface area contributed by atoms with Gasteiger partial charge in [0.1, 0.15) is 0 Å². The molecule has 0 radical (unpaired) electrons. The maximum Gasteiger partial charge on any atom is 0.269 e. The lowest BCUT2D eigenvalue weighted by Gasteiger charge is -2.07. The number of non-ortho nitro benzene ring substituents is 1. The molecule has 0 N–H and O–H groups in total. The second-order valence-electron chi connectivity index (χ2n) is 4.86. The van der Waals surface area contributed by atoms with Crippen molar-refractivity contribution >= 4 is 11.8 Å². The normalized spacial score (nSPS) is 11.3. The van der Waals surface area contributed by atoms with Crippen LogP contribution in [0.3, 0.4) is 0 Å². The summed E-state index contributed by atoms with van der Waals surface area (Å²) in [5, 5.41) is 19.6. The highest BCUT2D eigenvalue weighted by Crippen LogP contribution is 2.25. The van der Waals surface area contributed by atoms with Crippen LogP contribution in [0.2, 0.25) is 0 Å². The lowest BCUT2D eigenvalue weighted by Crippen LogP contribution is -2.07. The topological polar surface area (TPSA) is 66.9 Å². The maximum atomic E-state index is 13.6. The number of benzene rings is 2. The van der Waals surface area contributed by atoms with Crippen LogP contribution < -0.4 is 0 Å². The number of rotatable bonds is 4. The van der Waals surface area contributed by atoms with E-state index < -0.39 is 46.0 Å². The number of nitriles is 1. The second kappa shape index (κ2) is 7.09. The average molecular weight is 354 g/mol. The summed E-state index contributed by atoms with van der Waals surface area (Å²) in [6.45, 7) is 0. The third-order valence-electron chi connectivity index (χ3n) is 3.26. The molecule has 0 saturated carbocycles. The van der Waals surface area contributed by atoms with E-state index >= 15 is 0 Å². The fraction of sp³-hybridized carbons (Fsp3) is 0.0625. The van der Waals surface area contributed by atoms with Gasteiger partial charge in [-0.2, -0.15) is 5.26 Å². The molecule has 2 rings (SSSR count). The Bertz CT molecular complexity index is 889. The van der Waals surface area contributed by atoms with Crippen molar-refractivity contribution in [3.8, 4) is 6.07 Å². The molecule has 0 aliphatic rings. The SMILES string of the molecule is N#C/C(=C\c1ccc([N+](=O)[O-])cc1)Cc1c(F)c(F)c(F)c(F)c1F. The summed E-state index contributed by atoms with van der Waals surface area (Å²) in [5.41, 5.74) is -1.36. The molecule has 0 aliphatic carbocycles. The first-order chi connectivity index (χ1) is 11.8. The number of hydrogen-bond donors (Lipinski definition) is 0. The third kappa shape index (κ3) is 3.63. The molecule has 0 spiro atoms. The lowest BCUT2D eigenvalue weighted by atomic mass is 10.0. The van der Waals surface area contributed by atoms with Gasteiger partial charge in [0.25, 0.3) is 5.69 Å². The van der Waals surface area contributed by atoms with Crippen molar-refractivity contribution < 1.29 is 26.9 Å². The average Bonchev–Trinajstić information content (AvgIpc) is 2.61. The Morgan fingerprint density at radius 3 is 1.92 bits per heavy atom. The van der Waals surface area contributed by atoms with Gasteiger partial charge in [-0.05, 0) is 23.8 Å². The first-order valence-corrected chi connectivity index (χ1v) is 6.61. The van der Waals surface area contributed by atoms with Crippen LogP contribution in [0.5, 0.6) is 0 Å². The van der Waals surface area contributed by atoms with E-state index in [0.29, 0.717) is 0 Å². The Morgan fingerprint density at radius 2 is 1.48 bits per heavy atom. The highest BCUT2D eigenvalue weighted by molar-refractivity contribution is 5.59. The number of halogens is 5. The third-order valence-corrected chi connectivity index (χ3v) is 3.26. The number of nitro benzene ring substituents is 1. The van der Waals surface area contributed by atoms with Gasteiger partial charge in [0.15, 0.2) is 23.3 Å². The molecule has 0 atom stereocenters. The standard InChI is InChI=1S/C16H7F5N2O2/c17-12-11(13(18)15(20)16(21)14(12)19)6-9(7-22)5-8-1-3-10(4-2-8)23(24)25/h1-5H,6H2/b9-5-. The van der Waals surface area contributed by atoms with Crippen LogP contribution in [-0.2, 0) is 6.42 Å². The number of nitrogens with zero attached hydrogens (tertiary/aromatic N) is 2. The van der Waals surface area contributed by atoms with Gasteiger partial charge in [0, 0.05) is 29.7 Å². The van der Waals surface area contributed by atoms with Crippen LogP contribution in [-0.4, -0.2) is 4.92 Å². The molecule has 0 saturated heterocycles. The molecule has 0 heterocycles. The van der Waals surface area contributed by atoms with Gasteiger partial charge in [-0.3, -0.25) is 10.1 Å². The summed E-state index contributed by atoms with van der Waals surface area (Å²) in [6, 6.07) is 6.42. The minimum atomic E-state index is -2.28. The maximum absolute atomic E-state index is 13.6. The van der Waals surface area contributed by atoms with Gasteiger partial charge in [0.05, 0.1) is 11.0 Å². The van der Waals surface area contributed by atoms with E-state index in [9.17, 15) is 32.1 Å². The van der Waals surface area contributed by atoms with Gasteiger partial charge >= 0.3 is 0 Å². The van der Waals surface area contributed by atoms with Crippen molar-refractivity contribution in [2.45, 2.75) is 6.42 Å². The molecule has 0 aliphatic heterocycles. The minimum absolute atomic E-state index is 0.213. The van der Waals surface area contributed by atoms with E-state index in [-0.39, 0.29) is 16.8 Å².